The van der Waals surface area contributed by atoms with Gasteiger partial charge in [-0.2, -0.15) is 0 Å². The van der Waals surface area contributed by atoms with E-state index in [1.54, 1.807) is 28.0 Å². The molecule has 1 aromatic carbocycles. The Morgan fingerprint density at radius 3 is 2.12 bits per heavy atom. The number of benzene rings is 1. The van der Waals surface area contributed by atoms with E-state index in [4.69, 9.17) is 14.2 Å². The van der Waals surface area contributed by atoms with Gasteiger partial charge in [0.15, 0.2) is 0 Å². The van der Waals surface area contributed by atoms with Crippen LogP contribution in [0.2, 0.25) is 0 Å². The second kappa shape index (κ2) is 8.54. The van der Waals surface area contributed by atoms with Crippen LogP contribution in [0.3, 0.4) is 0 Å². The van der Waals surface area contributed by atoms with Gasteiger partial charge >= 0.3 is 0 Å². The van der Waals surface area contributed by atoms with Gasteiger partial charge in [-0.15, -0.1) is 0 Å². The fraction of sp³-hybridized carbons (Fsp3) is 0.529. The van der Waals surface area contributed by atoms with E-state index in [9.17, 15) is 9.59 Å². The molecule has 1 aliphatic rings. The molecule has 7 nitrogen and oxygen atoms in total. The summed E-state index contributed by atoms with van der Waals surface area (Å²) in [6.07, 6.45) is 0.721. The van der Waals surface area contributed by atoms with Crippen LogP contribution in [0.25, 0.3) is 0 Å². The van der Waals surface area contributed by atoms with Crippen LogP contribution in [0.5, 0.6) is 11.5 Å². The average molecular weight is 336 g/mol. The molecular formula is C17H24N2O5. The second-order valence-electron chi connectivity index (χ2n) is 5.50. The largest absolute Gasteiger partial charge is 0.496 e. The third-order valence-electron chi connectivity index (χ3n) is 4.05. The van der Waals surface area contributed by atoms with Gasteiger partial charge in [0.05, 0.1) is 14.2 Å². The van der Waals surface area contributed by atoms with E-state index < -0.39 is 0 Å². The summed E-state index contributed by atoms with van der Waals surface area (Å²) in [6, 6.07) is 5.26. The molecule has 1 aromatic rings. The molecule has 0 N–H and O–H groups in total. The Labute approximate surface area is 142 Å². The van der Waals surface area contributed by atoms with Crippen LogP contribution in [0.1, 0.15) is 16.8 Å². The first-order chi connectivity index (χ1) is 11.6. The Morgan fingerprint density at radius 2 is 1.54 bits per heavy atom. The molecule has 0 radical (unpaired) electrons. The number of carbonyl (C=O) groups is 2. The molecule has 7 heteroatoms. The maximum absolute atomic E-state index is 13.0. The van der Waals surface area contributed by atoms with Gasteiger partial charge in [0.1, 0.15) is 23.7 Å². The summed E-state index contributed by atoms with van der Waals surface area (Å²) in [4.78, 5) is 28.4. The minimum atomic E-state index is -0.148. The Morgan fingerprint density at radius 1 is 0.958 bits per heavy atom. The quantitative estimate of drug-likeness (QED) is 0.803. The number of rotatable bonds is 5. The number of carbonyl (C=O) groups excluding carboxylic acids is 2. The Kier molecular flexibility index (Phi) is 6.43. The van der Waals surface area contributed by atoms with Gasteiger partial charge in [0, 0.05) is 33.3 Å². The summed E-state index contributed by atoms with van der Waals surface area (Å²) in [5, 5.41) is 0. The second-order valence-corrected chi connectivity index (χ2v) is 5.50. The summed E-state index contributed by atoms with van der Waals surface area (Å²) < 4.78 is 15.5. The molecule has 1 heterocycles. The highest BCUT2D eigenvalue weighted by Crippen LogP contribution is 2.29. The van der Waals surface area contributed by atoms with Crippen molar-refractivity contribution in [3.63, 3.8) is 0 Å². The summed E-state index contributed by atoms with van der Waals surface area (Å²) in [7, 11) is 4.55. The number of methoxy groups -OCH3 is 3. The van der Waals surface area contributed by atoms with E-state index in [1.807, 2.05) is 0 Å². The predicted molar refractivity (Wildman–Crippen MR) is 88.5 cm³/mol. The molecule has 1 fully saturated rings. The molecule has 0 bridgehead atoms. The van der Waals surface area contributed by atoms with Crippen LogP contribution in [0, 0.1) is 0 Å². The fourth-order valence-corrected chi connectivity index (χ4v) is 2.80. The number of amides is 2. The van der Waals surface area contributed by atoms with Gasteiger partial charge in [0.2, 0.25) is 5.91 Å². The van der Waals surface area contributed by atoms with Crippen LogP contribution in [-0.2, 0) is 9.53 Å². The molecule has 2 amide bonds. The highest BCUT2D eigenvalue weighted by molar-refractivity contribution is 5.99. The lowest BCUT2D eigenvalue weighted by Gasteiger charge is -2.23. The van der Waals surface area contributed by atoms with Crippen molar-refractivity contribution in [1.82, 2.24) is 9.80 Å². The summed E-state index contributed by atoms with van der Waals surface area (Å²) >= 11 is 0. The Bertz CT molecular complexity index is 568. The lowest BCUT2D eigenvalue weighted by atomic mass is 10.1. The van der Waals surface area contributed by atoms with Gasteiger partial charge in [-0.3, -0.25) is 9.59 Å². The monoisotopic (exact) mass is 336 g/mol. The van der Waals surface area contributed by atoms with Crippen molar-refractivity contribution in [1.29, 1.82) is 0 Å². The molecule has 1 aliphatic heterocycles. The molecule has 0 unspecified atom stereocenters. The fourth-order valence-electron chi connectivity index (χ4n) is 2.80. The van der Waals surface area contributed by atoms with Gasteiger partial charge in [-0.05, 0) is 18.6 Å². The van der Waals surface area contributed by atoms with E-state index in [0.29, 0.717) is 43.2 Å². The SMILES string of the molecule is COCC(=O)N1CCCN(C(=O)c2c(OC)cccc2OC)CC1. The Balaban J connectivity index is 2.15. The standard InChI is InChI=1S/C17H24N2O5/c1-22-12-15(20)18-8-5-9-19(11-10-18)17(21)16-13(23-2)6-4-7-14(16)24-3/h4,6-7H,5,8-12H2,1-3H3. The Hall–Kier alpha value is -2.28. The third-order valence-corrected chi connectivity index (χ3v) is 4.05. The molecule has 0 spiro atoms. The predicted octanol–water partition coefficient (Wildman–Crippen LogP) is 1.02. The molecule has 2 rings (SSSR count). The van der Waals surface area contributed by atoms with E-state index in [0.717, 1.165) is 6.42 Å². The molecule has 132 valence electrons. The van der Waals surface area contributed by atoms with E-state index in [-0.39, 0.29) is 18.4 Å². The topological polar surface area (TPSA) is 68.3 Å². The molecule has 24 heavy (non-hydrogen) atoms. The van der Waals surface area contributed by atoms with Gasteiger partial charge in [0.25, 0.3) is 5.91 Å². The van der Waals surface area contributed by atoms with Crippen molar-refractivity contribution < 1.29 is 23.8 Å². The number of nitrogens with zero attached hydrogens (tertiary/aromatic N) is 2. The zero-order valence-corrected chi connectivity index (χ0v) is 14.4. The van der Waals surface area contributed by atoms with Gasteiger partial charge in [-0.1, -0.05) is 6.07 Å². The van der Waals surface area contributed by atoms with Crippen LogP contribution in [-0.4, -0.2) is 75.7 Å². The molecule has 0 atom stereocenters. The maximum atomic E-state index is 13.0. The third kappa shape index (κ3) is 3.97. The van der Waals surface area contributed by atoms with Crippen LogP contribution in [0.15, 0.2) is 18.2 Å². The lowest BCUT2D eigenvalue weighted by Crippen LogP contribution is -2.38. The molecule has 0 aliphatic carbocycles. The molecular weight excluding hydrogens is 312 g/mol. The number of hydrogen-bond acceptors (Lipinski definition) is 5. The molecule has 0 aromatic heterocycles. The van der Waals surface area contributed by atoms with Crippen LogP contribution in [0.4, 0.5) is 0 Å². The van der Waals surface area contributed by atoms with Crippen molar-refractivity contribution in [3.8, 4) is 11.5 Å². The summed E-state index contributed by atoms with van der Waals surface area (Å²) in [5.41, 5.74) is 0.416. The average Bonchev–Trinajstić information content (AvgIpc) is 2.86. The maximum Gasteiger partial charge on any atom is 0.261 e. The van der Waals surface area contributed by atoms with E-state index in [1.165, 1.54) is 21.3 Å². The summed E-state index contributed by atoms with van der Waals surface area (Å²) in [5.74, 6) is 0.763. The minimum Gasteiger partial charge on any atom is -0.496 e. The van der Waals surface area contributed by atoms with Gasteiger partial charge < -0.3 is 24.0 Å². The molecule has 0 saturated carbocycles. The normalized spacial score (nSPS) is 15.0. The van der Waals surface area contributed by atoms with E-state index in [2.05, 4.69) is 0 Å². The zero-order valence-electron chi connectivity index (χ0n) is 14.4. The smallest absolute Gasteiger partial charge is 0.261 e. The zero-order chi connectivity index (χ0) is 17.5. The van der Waals surface area contributed by atoms with Crippen molar-refractivity contribution in [2.75, 3.05) is 54.1 Å². The first kappa shape index (κ1) is 18.1. The first-order valence-electron chi connectivity index (χ1n) is 7.89. The van der Waals surface area contributed by atoms with Crippen molar-refractivity contribution in [2.24, 2.45) is 0 Å². The summed E-state index contributed by atoms with van der Waals surface area (Å²) in [6.45, 7) is 2.22. The van der Waals surface area contributed by atoms with Crippen molar-refractivity contribution in [2.45, 2.75) is 6.42 Å². The minimum absolute atomic E-state index is 0.0540. The first-order valence-corrected chi connectivity index (χ1v) is 7.89. The van der Waals surface area contributed by atoms with Gasteiger partial charge in [-0.25, -0.2) is 0 Å². The lowest BCUT2D eigenvalue weighted by molar-refractivity contribution is -0.135. The van der Waals surface area contributed by atoms with Crippen molar-refractivity contribution in [3.05, 3.63) is 23.8 Å². The molecule has 1 saturated heterocycles. The van der Waals surface area contributed by atoms with E-state index >= 15 is 0 Å². The van der Waals surface area contributed by atoms with Crippen molar-refractivity contribution >= 4 is 11.8 Å². The highest BCUT2D eigenvalue weighted by atomic mass is 16.5. The highest BCUT2D eigenvalue weighted by Gasteiger charge is 2.26. The number of ether oxygens (including phenoxy) is 3. The number of hydrogen-bond donors (Lipinski definition) is 0. The van der Waals surface area contributed by atoms with Crippen LogP contribution >= 0.6 is 0 Å². The van der Waals surface area contributed by atoms with Crippen LogP contribution < -0.4 is 9.47 Å².